The highest BCUT2D eigenvalue weighted by Gasteiger charge is 2.08. The van der Waals surface area contributed by atoms with Crippen LogP contribution in [0.5, 0.6) is 11.5 Å². The van der Waals surface area contributed by atoms with Gasteiger partial charge >= 0.3 is 0 Å². The molecule has 0 unspecified atom stereocenters. The minimum atomic E-state index is 0.486. The fourth-order valence-electron chi connectivity index (χ4n) is 2.17. The molecule has 2 N–H and O–H groups in total. The van der Waals surface area contributed by atoms with Gasteiger partial charge in [0.2, 0.25) is 0 Å². The van der Waals surface area contributed by atoms with Crippen molar-refractivity contribution in [2.24, 2.45) is 5.73 Å². The fourth-order valence-corrected chi connectivity index (χ4v) is 2.17. The van der Waals surface area contributed by atoms with Gasteiger partial charge in [-0.2, -0.15) is 0 Å². The van der Waals surface area contributed by atoms with Gasteiger partial charge in [0.25, 0.3) is 0 Å². The van der Waals surface area contributed by atoms with Gasteiger partial charge in [0.15, 0.2) is 0 Å². The first-order valence-electron chi connectivity index (χ1n) is 7.09. The third kappa shape index (κ3) is 3.20. The van der Waals surface area contributed by atoms with E-state index in [1.54, 1.807) is 0 Å². The highest BCUT2D eigenvalue weighted by molar-refractivity contribution is 5.44. The number of nitrogens with two attached hydrogens (primary N) is 1. The lowest BCUT2D eigenvalue weighted by Gasteiger charge is -2.15. The molecule has 0 atom stereocenters. The zero-order chi connectivity index (χ0) is 14.7. The van der Waals surface area contributed by atoms with Crippen LogP contribution in [0.4, 0.5) is 0 Å². The number of rotatable bonds is 4. The van der Waals surface area contributed by atoms with Crippen LogP contribution in [0.1, 0.15) is 42.0 Å². The summed E-state index contributed by atoms with van der Waals surface area (Å²) in [5.74, 6) is 2.25. The Labute approximate surface area is 121 Å². The third-order valence-electron chi connectivity index (χ3n) is 3.53. The fraction of sp³-hybridized carbons (Fsp3) is 0.333. The van der Waals surface area contributed by atoms with Crippen molar-refractivity contribution in [2.45, 2.75) is 40.2 Å². The summed E-state index contributed by atoms with van der Waals surface area (Å²) in [5.41, 5.74) is 10.5. The van der Waals surface area contributed by atoms with Crippen molar-refractivity contribution in [1.29, 1.82) is 0 Å². The molecule has 0 aliphatic heterocycles. The van der Waals surface area contributed by atoms with Crippen molar-refractivity contribution in [1.82, 2.24) is 0 Å². The van der Waals surface area contributed by atoms with Crippen molar-refractivity contribution >= 4 is 0 Å². The van der Waals surface area contributed by atoms with E-state index in [2.05, 4.69) is 58.0 Å². The Bertz CT molecular complexity index is 602. The van der Waals surface area contributed by atoms with Gasteiger partial charge in [-0.3, -0.25) is 0 Å². The van der Waals surface area contributed by atoms with E-state index in [9.17, 15) is 0 Å². The normalized spacial score (nSPS) is 10.9. The van der Waals surface area contributed by atoms with Crippen molar-refractivity contribution in [3.8, 4) is 11.5 Å². The highest BCUT2D eigenvalue weighted by Crippen LogP contribution is 2.31. The van der Waals surface area contributed by atoms with Crippen LogP contribution in [0.3, 0.4) is 0 Å². The molecule has 0 amide bonds. The van der Waals surface area contributed by atoms with E-state index in [0.29, 0.717) is 12.5 Å². The second kappa shape index (κ2) is 6.10. The van der Waals surface area contributed by atoms with Crippen LogP contribution >= 0.6 is 0 Å². The second-order valence-corrected chi connectivity index (χ2v) is 5.60. The molecule has 0 fully saturated rings. The zero-order valence-corrected chi connectivity index (χ0v) is 12.7. The summed E-state index contributed by atoms with van der Waals surface area (Å²) in [6.45, 7) is 8.99. The first-order valence-corrected chi connectivity index (χ1v) is 7.09. The predicted octanol–water partition coefficient (Wildman–Crippen LogP) is 4.68. The Kier molecular flexibility index (Phi) is 4.46. The lowest BCUT2D eigenvalue weighted by Crippen LogP contribution is -2.01. The summed E-state index contributed by atoms with van der Waals surface area (Å²) >= 11 is 0. The van der Waals surface area contributed by atoms with Gasteiger partial charge in [-0.15, -0.1) is 0 Å². The number of benzene rings is 2. The molecule has 20 heavy (non-hydrogen) atoms. The van der Waals surface area contributed by atoms with E-state index in [-0.39, 0.29) is 0 Å². The number of hydrogen-bond acceptors (Lipinski definition) is 2. The van der Waals surface area contributed by atoms with Crippen LogP contribution in [0, 0.1) is 13.8 Å². The number of ether oxygens (including phenoxy) is 1. The minimum Gasteiger partial charge on any atom is -0.457 e. The summed E-state index contributed by atoms with van der Waals surface area (Å²) in [6.07, 6.45) is 0. The Balaban J connectivity index is 2.36. The quantitative estimate of drug-likeness (QED) is 0.874. The minimum absolute atomic E-state index is 0.486. The molecule has 0 radical (unpaired) electrons. The Morgan fingerprint density at radius 2 is 1.75 bits per heavy atom. The summed E-state index contributed by atoms with van der Waals surface area (Å²) in [7, 11) is 0. The average Bonchev–Trinajstić information content (AvgIpc) is 2.42. The number of hydrogen-bond donors (Lipinski definition) is 1. The molecule has 0 heterocycles. The van der Waals surface area contributed by atoms with Crippen LogP contribution in [0.2, 0.25) is 0 Å². The first-order chi connectivity index (χ1) is 9.51. The van der Waals surface area contributed by atoms with Gasteiger partial charge in [0, 0.05) is 12.1 Å². The third-order valence-corrected chi connectivity index (χ3v) is 3.53. The van der Waals surface area contributed by atoms with E-state index in [4.69, 9.17) is 10.5 Å². The molecular formula is C18H23NO. The average molecular weight is 269 g/mol. The monoisotopic (exact) mass is 269 g/mol. The molecule has 0 saturated heterocycles. The summed E-state index contributed by atoms with van der Waals surface area (Å²) < 4.78 is 6.10. The largest absolute Gasteiger partial charge is 0.457 e. The van der Waals surface area contributed by atoms with E-state index >= 15 is 0 Å². The van der Waals surface area contributed by atoms with Gasteiger partial charge < -0.3 is 10.5 Å². The molecule has 2 aromatic rings. The van der Waals surface area contributed by atoms with Crippen LogP contribution < -0.4 is 10.5 Å². The zero-order valence-electron chi connectivity index (χ0n) is 12.7. The van der Waals surface area contributed by atoms with Crippen molar-refractivity contribution < 1.29 is 4.74 Å². The second-order valence-electron chi connectivity index (χ2n) is 5.60. The molecule has 2 rings (SSSR count). The van der Waals surface area contributed by atoms with Crippen LogP contribution in [-0.4, -0.2) is 0 Å². The van der Waals surface area contributed by atoms with Gasteiger partial charge in [0.1, 0.15) is 11.5 Å². The van der Waals surface area contributed by atoms with Crippen LogP contribution in [-0.2, 0) is 6.54 Å². The first kappa shape index (κ1) is 14.6. The number of aryl methyl sites for hydroxylation is 2. The maximum absolute atomic E-state index is 6.10. The molecular weight excluding hydrogens is 246 g/mol. The molecule has 106 valence electrons. The SMILES string of the molecule is Cc1ccc(Oc2cc(C(C)C)ccc2C)c(CN)c1. The maximum atomic E-state index is 6.10. The van der Waals surface area contributed by atoms with E-state index in [0.717, 1.165) is 22.6 Å². The lowest BCUT2D eigenvalue weighted by molar-refractivity contribution is 0.471. The Morgan fingerprint density at radius 1 is 1.00 bits per heavy atom. The summed E-state index contributed by atoms with van der Waals surface area (Å²) in [4.78, 5) is 0. The smallest absolute Gasteiger partial charge is 0.131 e. The van der Waals surface area contributed by atoms with E-state index in [1.807, 2.05) is 6.07 Å². The molecule has 0 aromatic heterocycles. The van der Waals surface area contributed by atoms with Gasteiger partial charge in [-0.05, 0) is 43.0 Å². The predicted molar refractivity (Wildman–Crippen MR) is 84.4 cm³/mol. The lowest BCUT2D eigenvalue weighted by atomic mass is 10.0. The Hall–Kier alpha value is -1.80. The maximum Gasteiger partial charge on any atom is 0.131 e. The van der Waals surface area contributed by atoms with Crippen LogP contribution in [0.15, 0.2) is 36.4 Å². The Morgan fingerprint density at radius 3 is 2.40 bits per heavy atom. The summed E-state index contributed by atoms with van der Waals surface area (Å²) in [5, 5.41) is 0. The summed E-state index contributed by atoms with van der Waals surface area (Å²) in [6, 6.07) is 12.5. The molecule has 2 aromatic carbocycles. The van der Waals surface area contributed by atoms with Crippen LogP contribution in [0.25, 0.3) is 0 Å². The van der Waals surface area contributed by atoms with E-state index in [1.165, 1.54) is 11.1 Å². The van der Waals surface area contributed by atoms with Gasteiger partial charge in [-0.25, -0.2) is 0 Å². The van der Waals surface area contributed by atoms with Crippen molar-refractivity contribution in [3.63, 3.8) is 0 Å². The molecule has 0 spiro atoms. The van der Waals surface area contributed by atoms with Gasteiger partial charge in [0.05, 0.1) is 0 Å². The molecule has 0 saturated carbocycles. The molecule has 0 aliphatic carbocycles. The van der Waals surface area contributed by atoms with E-state index < -0.39 is 0 Å². The molecule has 2 nitrogen and oxygen atoms in total. The molecule has 2 heteroatoms. The van der Waals surface area contributed by atoms with Crippen molar-refractivity contribution in [2.75, 3.05) is 0 Å². The highest BCUT2D eigenvalue weighted by atomic mass is 16.5. The topological polar surface area (TPSA) is 35.2 Å². The molecule has 0 bridgehead atoms. The van der Waals surface area contributed by atoms with Gasteiger partial charge in [-0.1, -0.05) is 43.7 Å². The van der Waals surface area contributed by atoms with Crippen molar-refractivity contribution in [3.05, 3.63) is 58.7 Å². The molecule has 0 aliphatic rings. The standard InChI is InChI=1S/C18H23NO/c1-12(2)15-7-6-14(4)18(10-15)20-17-8-5-13(3)9-16(17)11-19/h5-10,12H,11,19H2,1-4H3.